The van der Waals surface area contributed by atoms with E-state index in [2.05, 4.69) is 164 Å². The first-order valence-electron chi connectivity index (χ1n) is 33.5. The van der Waals surface area contributed by atoms with Crippen molar-refractivity contribution in [2.75, 3.05) is 10.6 Å². The Kier molecular flexibility index (Phi) is 13.1. The Morgan fingerprint density at radius 1 is 0.398 bits per heavy atom. The predicted molar refractivity (Wildman–Crippen MR) is 349 cm³/mol. The van der Waals surface area contributed by atoms with Crippen molar-refractivity contribution in [1.82, 2.24) is 0 Å². The normalized spacial score (nSPS) is 32.0. The Balaban J connectivity index is 0.000000129. The van der Waals surface area contributed by atoms with E-state index in [9.17, 15) is 21.6 Å². The summed E-state index contributed by atoms with van der Waals surface area (Å²) in [5.41, 5.74) is 21.7. The molecular weight excluding hydrogens is 1110 g/mol. The molecule has 0 aliphatic heterocycles. The summed E-state index contributed by atoms with van der Waals surface area (Å²) < 4.78 is 63.5. The molecule has 2 N–H and O–H groups in total. The van der Waals surface area contributed by atoms with Crippen molar-refractivity contribution in [3.05, 3.63) is 197 Å². The van der Waals surface area contributed by atoms with Crippen LogP contribution >= 0.6 is 0 Å². The van der Waals surface area contributed by atoms with Crippen LogP contribution in [-0.2, 0) is 37.2 Å². The van der Waals surface area contributed by atoms with E-state index in [1.807, 2.05) is 6.07 Å². The van der Waals surface area contributed by atoms with E-state index in [0.717, 1.165) is 83.8 Å². The highest BCUT2D eigenvalue weighted by atomic mass is 32.2. The molecule has 12 bridgehead atoms. The Morgan fingerprint density at radius 2 is 0.705 bits per heavy atom. The monoisotopic (exact) mass is 1200 g/mol. The van der Waals surface area contributed by atoms with Gasteiger partial charge in [0.05, 0.1) is 0 Å². The van der Waals surface area contributed by atoms with Gasteiger partial charge in [-0.1, -0.05) is 125 Å². The van der Waals surface area contributed by atoms with E-state index in [-0.39, 0.29) is 22.0 Å². The quantitative estimate of drug-likeness (QED) is 0.0932. The first kappa shape index (κ1) is 56.9. The van der Waals surface area contributed by atoms with Gasteiger partial charge in [0.1, 0.15) is 5.75 Å². The lowest BCUT2D eigenvalue weighted by molar-refractivity contribution is -0.0500. The molecule has 456 valence electrons. The van der Waals surface area contributed by atoms with Crippen molar-refractivity contribution in [3.8, 4) is 28.0 Å². The van der Waals surface area contributed by atoms with Gasteiger partial charge in [-0.25, -0.2) is 0 Å². The molecule has 7 aromatic carbocycles. The molecule has 21 rings (SSSR count). The predicted octanol–water partition coefficient (Wildman–Crippen LogP) is 20.4. The number of rotatable bonds is 8. The molecule has 0 unspecified atom stereocenters. The smallest absolute Gasteiger partial charge is 0.399 e. The molecule has 0 heterocycles. The largest absolute Gasteiger partial charge is 0.534 e. The second-order valence-corrected chi connectivity index (χ2v) is 32.9. The maximum absolute atomic E-state index is 12.4. The van der Waals surface area contributed by atoms with Crippen LogP contribution in [0.2, 0.25) is 0 Å². The molecule has 5 nitrogen and oxygen atoms in total. The summed E-state index contributed by atoms with van der Waals surface area (Å²) in [6.07, 6.45) is 24.9. The van der Waals surface area contributed by atoms with E-state index in [1.165, 1.54) is 170 Å². The van der Waals surface area contributed by atoms with Gasteiger partial charge in [-0.3, -0.25) is 0 Å². The lowest BCUT2D eigenvalue weighted by atomic mass is 9.48. The standard InChI is InChI=1S/C47H51N.C17H19F3O3S.C15H15N/c1-45(2)43-6-4-3-5-41(43)42-16-15-40(23-44(42)45)48(38-11-7-36(8-12-38)46-24-30-17-31(25-46)19-32(18-30)26-46)39-13-9-37(10-14-39)47-27-33-20-34(28-47)22-35(21-33)29-47;18-17(19,20)24(21,22)23-15-3-1-14(2-4-15)16-8-11-5-12(9-16)7-13(6-11)10-16;1-15(2)13-6-4-3-5-11(13)12-8-7-10(16)9-14(12)15/h3-16,23,30-35H,17-22,24-29H2,1-2H3;1-4,11-13H,5-10H2;3-9H,16H2,1-2H3. The van der Waals surface area contributed by atoms with E-state index in [0.29, 0.717) is 10.8 Å². The van der Waals surface area contributed by atoms with Crippen molar-refractivity contribution in [3.63, 3.8) is 0 Å². The van der Waals surface area contributed by atoms with Gasteiger partial charge in [0.25, 0.3) is 0 Å². The van der Waals surface area contributed by atoms with Gasteiger partial charge in [-0.05, 0) is 307 Å². The SMILES string of the molecule is CC1(C)c2ccccc2-c2ccc(N(c3ccc(C45CC6CC(CC(C6)C4)C5)cc3)c3ccc(C45CC6CC(CC(C6)C4)C5)cc3)cc21.CC1(C)c2ccccc2-c2ccc(N)cc21.O=S(=O)(Oc1ccc(C23CC4CC(CC(C4)C2)C3)cc1)C(F)(F)F. The average molecular weight is 1200 g/mol. The summed E-state index contributed by atoms with van der Waals surface area (Å²) in [5.74, 6) is 7.82. The van der Waals surface area contributed by atoms with Crippen molar-refractivity contribution in [1.29, 1.82) is 0 Å². The van der Waals surface area contributed by atoms with Crippen LogP contribution in [0.15, 0.2) is 158 Å². The van der Waals surface area contributed by atoms with Gasteiger partial charge >= 0.3 is 15.6 Å². The van der Waals surface area contributed by atoms with Crippen LogP contribution in [0.4, 0.5) is 35.9 Å². The van der Waals surface area contributed by atoms with E-state index in [1.54, 1.807) is 23.3 Å². The molecule has 12 saturated carbocycles. The maximum atomic E-state index is 12.4. The number of halogens is 3. The molecular formula is C79H85F3N2O3S. The number of anilines is 4. The lowest BCUT2D eigenvalue weighted by Crippen LogP contribution is -2.48. The van der Waals surface area contributed by atoms with Crippen LogP contribution in [0.3, 0.4) is 0 Å². The molecule has 88 heavy (non-hydrogen) atoms. The molecule has 9 heteroatoms. The second-order valence-electron chi connectivity index (χ2n) is 31.4. The van der Waals surface area contributed by atoms with Crippen LogP contribution in [-0.4, -0.2) is 13.9 Å². The number of nitrogen functional groups attached to an aromatic ring is 1. The van der Waals surface area contributed by atoms with E-state index in [4.69, 9.17) is 5.73 Å². The molecule has 0 atom stereocenters. The third-order valence-electron chi connectivity index (χ3n) is 25.0. The zero-order chi connectivity index (χ0) is 60.3. The van der Waals surface area contributed by atoms with Crippen molar-refractivity contribution < 1.29 is 25.8 Å². The molecule has 0 aromatic heterocycles. The summed E-state index contributed by atoms with van der Waals surface area (Å²) in [6, 6.07) is 57.4. The highest BCUT2D eigenvalue weighted by Crippen LogP contribution is 2.64. The second kappa shape index (κ2) is 20.3. The van der Waals surface area contributed by atoms with Crippen LogP contribution in [0, 0.1) is 53.3 Å². The number of nitrogens with two attached hydrogens (primary N) is 1. The lowest BCUT2D eigenvalue weighted by Gasteiger charge is -2.57. The van der Waals surface area contributed by atoms with Gasteiger partial charge in [-0.15, -0.1) is 0 Å². The minimum Gasteiger partial charge on any atom is -0.399 e. The topological polar surface area (TPSA) is 72.6 Å². The summed E-state index contributed by atoms with van der Waals surface area (Å²) >= 11 is 0. The number of benzene rings is 7. The molecule has 0 radical (unpaired) electrons. The molecule has 7 aromatic rings. The molecule has 0 spiro atoms. The zero-order valence-electron chi connectivity index (χ0n) is 51.7. The molecule has 0 saturated heterocycles. The van der Waals surface area contributed by atoms with Crippen molar-refractivity contribution in [2.24, 2.45) is 53.3 Å². The number of nitrogens with zero attached hydrogens (tertiary/aromatic N) is 1. The van der Waals surface area contributed by atoms with Crippen LogP contribution in [0.25, 0.3) is 22.3 Å². The Labute approximate surface area is 520 Å². The van der Waals surface area contributed by atoms with Gasteiger partial charge in [0.15, 0.2) is 0 Å². The molecule has 14 aliphatic carbocycles. The number of fused-ring (bicyclic) bond motifs is 6. The van der Waals surface area contributed by atoms with Gasteiger partial charge in [0.2, 0.25) is 0 Å². The Hall–Kier alpha value is -6.32. The van der Waals surface area contributed by atoms with Crippen LogP contribution in [0.1, 0.15) is 182 Å². The molecule has 12 fully saturated rings. The van der Waals surface area contributed by atoms with Gasteiger partial charge in [-0.2, -0.15) is 21.6 Å². The first-order chi connectivity index (χ1) is 42.1. The minimum absolute atomic E-state index is 0.0155. The summed E-state index contributed by atoms with van der Waals surface area (Å²) in [6.45, 7) is 9.34. The maximum Gasteiger partial charge on any atom is 0.534 e. The van der Waals surface area contributed by atoms with Crippen LogP contribution in [0.5, 0.6) is 5.75 Å². The minimum atomic E-state index is -5.61. The number of alkyl halides is 3. The molecule has 14 aliphatic rings. The van der Waals surface area contributed by atoms with Crippen LogP contribution < -0.4 is 14.8 Å². The van der Waals surface area contributed by atoms with Gasteiger partial charge < -0.3 is 14.8 Å². The fourth-order valence-electron chi connectivity index (χ4n) is 22.4. The highest BCUT2D eigenvalue weighted by Gasteiger charge is 2.55. The van der Waals surface area contributed by atoms with Gasteiger partial charge in [0, 0.05) is 33.6 Å². The number of hydrogen-bond acceptors (Lipinski definition) is 5. The highest BCUT2D eigenvalue weighted by molar-refractivity contribution is 7.88. The molecule has 0 amide bonds. The average Bonchev–Trinajstić information content (AvgIpc) is 1.09. The number of hydrogen-bond donors (Lipinski definition) is 1. The Morgan fingerprint density at radius 3 is 1.07 bits per heavy atom. The summed E-state index contributed by atoms with van der Waals surface area (Å²) in [4.78, 5) is 2.56. The fraction of sp³-hybridized carbons (Fsp3) is 0.468. The fourth-order valence-corrected chi connectivity index (χ4v) is 22.8. The zero-order valence-corrected chi connectivity index (χ0v) is 52.5. The summed E-state index contributed by atoms with van der Waals surface area (Å²) in [7, 11) is -5.61. The van der Waals surface area contributed by atoms with E-state index >= 15 is 0 Å². The third kappa shape index (κ3) is 9.43. The Bertz CT molecular complexity index is 3780. The van der Waals surface area contributed by atoms with E-state index < -0.39 is 15.6 Å². The van der Waals surface area contributed by atoms with Crippen molar-refractivity contribution in [2.45, 2.75) is 176 Å². The summed E-state index contributed by atoms with van der Waals surface area (Å²) in [5, 5.41) is 0. The first-order valence-corrected chi connectivity index (χ1v) is 34.9. The van der Waals surface area contributed by atoms with Crippen molar-refractivity contribution >= 4 is 32.9 Å². The third-order valence-corrected chi connectivity index (χ3v) is 26.0.